The number of rotatable bonds is 8. The summed E-state index contributed by atoms with van der Waals surface area (Å²) in [7, 11) is 0. The van der Waals surface area contributed by atoms with Crippen molar-refractivity contribution in [2.24, 2.45) is 0 Å². The van der Waals surface area contributed by atoms with Gasteiger partial charge in [-0.2, -0.15) is 0 Å². The number of benzene rings is 1. The van der Waals surface area contributed by atoms with Crippen LogP contribution in [0, 0.1) is 0 Å². The number of hydrogen-bond donors (Lipinski definition) is 1. The molecule has 0 saturated heterocycles. The van der Waals surface area contributed by atoms with Crippen LogP contribution in [0.4, 0.5) is 0 Å². The Kier molecular flexibility index (Phi) is 5.59. The molecule has 0 radical (unpaired) electrons. The second-order valence-corrected chi connectivity index (χ2v) is 8.72. The Labute approximate surface area is 167 Å². The molecule has 1 fully saturated rings. The largest absolute Gasteiger partial charge is 0.349 e. The summed E-state index contributed by atoms with van der Waals surface area (Å²) < 4.78 is 2.23. The maximum atomic E-state index is 12.4. The second-order valence-electron chi connectivity index (χ2n) is 6.74. The van der Waals surface area contributed by atoms with E-state index in [0.29, 0.717) is 11.8 Å². The van der Waals surface area contributed by atoms with Gasteiger partial charge in [-0.25, -0.2) is 0 Å². The van der Waals surface area contributed by atoms with Crippen LogP contribution in [0.1, 0.15) is 48.1 Å². The van der Waals surface area contributed by atoms with Crippen molar-refractivity contribution < 1.29 is 4.79 Å². The highest BCUT2D eigenvalue weighted by molar-refractivity contribution is 7.99. The van der Waals surface area contributed by atoms with Gasteiger partial charge in [0, 0.05) is 17.3 Å². The zero-order valence-corrected chi connectivity index (χ0v) is 16.8. The maximum Gasteiger partial charge on any atom is 0.230 e. The minimum atomic E-state index is -0.00464. The van der Waals surface area contributed by atoms with E-state index in [1.54, 1.807) is 11.3 Å². The van der Waals surface area contributed by atoms with Gasteiger partial charge < -0.3 is 9.88 Å². The fraction of sp³-hybridized carbons (Fsp3) is 0.350. The molecule has 0 spiro atoms. The van der Waals surface area contributed by atoms with Crippen LogP contribution in [0.2, 0.25) is 0 Å². The van der Waals surface area contributed by atoms with E-state index in [1.165, 1.54) is 29.5 Å². The first-order valence-corrected chi connectivity index (χ1v) is 11.0. The van der Waals surface area contributed by atoms with Crippen molar-refractivity contribution in [3.05, 3.63) is 64.1 Å². The first-order valence-electron chi connectivity index (χ1n) is 9.14. The van der Waals surface area contributed by atoms with Crippen LogP contribution < -0.4 is 5.32 Å². The minimum absolute atomic E-state index is 0.00464. The van der Waals surface area contributed by atoms with Crippen LogP contribution in [0.3, 0.4) is 0 Å². The first kappa shape index (κ1) is 18.3. The predicted molar refractivity (Wildman–Crippen MR) is 109 cm³/mol. The Morgan fingerprint density at radius 3 is 2.78 bits per heavy atom. The van der Waals surface area contributed by atoms with Crippen molar-refractivity contribution >= 4 is 29.0 Å². The molecule has 0 aliphatic heterocycles. The molecule has 140 valence electrons. The van der Waals surface area contributed by atoms with Crippen LogP contribution in [0.5, 0.6) is 0 Å². The smallest absolute Gasteiger partial charge is 0.230 e. The molecule has 5 nitrogen and oxygen atoms in total. The molecular formula is C20H22N4OS2. The summed E-state index contributed by atoms with van der Waals surface area (Å²) in [5, 5.41) is 14.8. The lowest BCUT2D eigenvalue weighted by Crippen LogP contribution is -2.28. The molecule has 1 unspecified atom stereocenters. The topological polar surface area (TPSA) is 59.8 Å². The third kappa shape index (κ3) is 4.59. The Balaban J connectivity index is 1.38. The van der Waals surface area contributed by atoms with E-state index in [-0.39, 0.29) is 11.9 Å². The van der Waals surface area contributed by atoms with Crippen molar-refractivity contribution in [3.63, 3.8) is 0 Å². The molecule has 3 aromatic rings. The molecule has 4 rings (SSSR count). The van der Waals surface area contributed by atoms with E-state index in [2.05, 4.69) is 37.6 Å². The average molecular weight is 399 g/mol. The lowest BCUT2D eigenvalue weighted by molar-refractivity contribution is -0.119. The first-order chi connectivity index (χ1) is 13.2. The summed E-state index contributed by atoms with van der Waals surface area (Å²) in [4.78, 5) is 13.7. The number of nitrogens with zero attached hydrogens (tertiary/aromatic N) is 3. The predicted octanol–water partition coefficient (Wildman–Crippen LogP) is 4.23. The molecule has 1 N–H and O–H groups in total. The highest BCUT2D eigenvalue weighted by Gasteiger charge is 2.30. The van der Waals surface area contributed by atoms with Crippen LogP contribution in [0.15, 0.2) is 53.0 Å². The molecule has 1 aliphatic rings. The Hall–Kier alpha value is -2.12. The van der Waals surface area contributed by atoms with Crippen LogP contribution in [0.25, 0.3) is 0 Å². The molecular weight excluding hydrogens is 376 g/mol. The highest BCUT2D eigenvalue weighted by atomic mass is 32.2. The van der Waals surface area contributed by atoms with E-state index in [4.69, 9.17) is 0 Å². The summed E-state index contributed by atoms with van der Waals surface area (Å²) in [6, 6.07) is 14.7. The zero-order chi connectivity index (χ0) is 18.6. The number of amides is 1. The van der Waals surface area contributed by atoms with Crippen LogP contribution in [-0.2, 0) is 11.2 Å². The number of thiophene rings is 1. The number of carbonyl (C=O) groups is 1. The maximum absolute atomic E-state index is 12.4. The minimum Gasteiger partial charge on any atom is -0.349 e. The van der Waals surface area contributed by atoms with E-state index < -0.39 is 0 Å². The summed E-state index contributed by atoms with van der Waals surface area (Å²) >= 11 is 3.21. The second kappa shape index (κ2) is 8.27. The fourth-order valence-corrected chi connectivity index (χ4v) is 4.57. The molecule has 1 saturated carbocycles. The number of nitrogens with one attached hydrogen (secondary N) is 1. The lowest BCUT2D eigenvalue weighted by Gasteiger charge is -2.14. The third-order valence-corrected chi connectivity index (χ3v) is 6.39. The standard InChI is InChI=1S/C20H22N4OS2/c1-14(15-6-3-2-4-7-15)21-19(25)13-27-20-23-22-18(24(20)16-9-10-16)12-17-8-5-11-26-17/h2-8,11,14,16H,9-10,12-13H2,1H3,(H,21,25). The van der Waals surface area contributed by atoms with Crippen molar-refractivity contribution in [1.82, 2.24) is 20.1 Å². The van der Waals surface area contributed by atoms with Crippen molar-refractivity contribution in [2.45, 2.75) is 43.4 Å². The van der Waals surface area contributed by atoms with Gasteiger partial charge in [-0.05, 0) is 36.8 Å². The van der Waals surface area contributed by atoms with Gasteiger partial charge in [0.2, 0.25) is 5.91 Å². The molecule has 2 heterocycles. The van der Waals surface area contributed by atoms with E-state index in [0.717, 1.165) is 23.0 Å². The van der Waals surface area contributed by atoms with Crippen molar-refractivity contribution in [3.8, 4) is 0 Å². The zero-order valence-electron chi connectivity index (χ0n) is 15.2. The number of hydrogen-bond acceptors (Lipinski definition) is 5. The van der Waals surface area contributed by atoms with Gasteiger partial charge in [0.1, 0.15) is 5.82 Å². The molecule has 1 amide bonds. The average Bonchev–Trinajstić information content (AvgIpc) is 3.23. The summed E-state index contributed by atoms with van der Waals surface area (Å²) in [6.45, 7) is 2.00. The van der Waals surface area contributed by atoms with E-state index >= 15 is 0 Å². The molecule has 7 heteroatoms. The quantitative estimate of drug-likeness (QED) is 0.577. The number of aromatic nitrogens is 3. The van der Waals surface area contributed by atoms with Gasteiger partial charge in [-0.3, -0.25) is 4.79 Å². The Morgan fingerprint density at radius 1 is 1.26 bits per heavy atom. The molecule has 1 atom stereocenters. The van der Waals surface area contributed by atoms with Gasteiger partial charge in [0.05, 0.1) is 11.8 Å². The SMILES string of the molecule is CC(NC(=O)CSc1nnc(Cc2cccs2)n1C1CC1)c1ccccc1. The molecule has 27 heavy (non-hydrogen) atoms. The third-order valence-electron chi connectivity index (χ3n) is 4.57. The number of thioether (sulfide) groups is 1. The molecule has 1 aromatic carbocycles. The Bertz CT molecular complexity index is 888. The van der Waals surface area contributed by atoms with Gasteiger partial charge >= 0.3 is 0 Å². The summed E-state index contributed by atoms with van der Waals surface area (Å²) in [5.74, 6) is 1.36. The fourth-order valence-electron chi connectivity index (χ4n) is 3.03. The van der Waals surface area contributed by atoms with Crippen molar-refractivity contribution in [1.29, 1.82) is 0 Å². The number of carbonyl (C=O) groups excluding carboxylic acids is 1. The monoisotopic (exact) mass is 398 g/mol. The van der Waals surface area contributed by atoms with E-state index in [9.17, 15) is 4.79 Å². The normalized spacial score (nSPS) is 14.9. The summed E-state index contributed by atoms with van der Waals surface area (Å²) in [5.41, 5.74) is 1.11. The van der Waals surface area contributed by atoms with Crippen LogP contribution in [-0.4, -0.2) is 26.4 Å². The molecule has 1 aliphatic carbocycles. The Morgan fingerprint density at radius 2 is 2.07 bits per heavy atom. The van der Waals surface area contributed by atoms with Gasteiger partial charge in [0.15, 0.2) is 5.16 Å². The van der Waals surface area contributed by atoms with Gasteiger partial charge in [0.25, 0.3) is 0 Å². The summed E-state index contributed by atoms with van der Waals surface area (Å²) in [6.07, 6.45) is 3.14. The molecule has 2 aromatic heterocycles. The lowest BCUT2D eigenvalue weighted by atomic mass is 10.1. The van der Waals surface area contributed by atoms with E-state index in [1.807, 2.05) is 37.3 Å². The van der Waals surface area contributed by atoms with Gasteiger partial charge in [-0.1, -0.05) is 48.2 Å². The van der Waals surface area contributed by atoms with Crippen LogP contribution >= 0.6 is 23.1 Å². The molecule has 0 bridgehead atoms. The van der Waals surface area contributed by atoms with Gasteiger partial charge in [-0.15, -0.1) is 21.5 Å². The van der Waals surface area contributed by atoms with Crippen molar-refractivity contribution in [2.75, 3.05) is 5.75 Å². The highest BCUT2D eigenvalue weighted by Crippen LogP contribution is 2.39.